The molecule has 2 aromatic rings. The second-order valence-electron chi connectivity index (χ2n) is 8.35. The first-order chi connectivity index (χ1) is 16.7. The van der Waals surface area contributed by atoms with E-state index in [2.05, 4.69) is 24.1 Å². The van der Waals surface area contributed by atoms with Crippen LogP contribution in [0.25, 0.3) is 0 Å². The van der Waals surface area contributed by atoms with Crippen molar-refractivity contribution in [3.05, 3.63) is 48.5 Å². The van der Waals surface area contributed by atoms with Crippen LogP contribution in [0.5, 0.6) is 11.5 Å². The van der Waals surface area contributed by atoms with Crippen molar-refractivity contribution in [1.82, 2.24) is 0 Å². The fourth-order valence-corrected chi connectivity index (χ4v) is 3.27. The first kappa shape index (κ1) is 27.5. The maximum absolute atomic E-state index is 12.0. The van der Waals surface area contributed by atoms with Crippen molar-refractivity contribution in [1.29, 1.82) is 0 Å². The molecular weight excluding hydrogens is 428 g/mol. The lowest BCUT2D eigenvalue weighted by Crippen LogP contribution is -2.11. The largest absolute Gasteiger partial charge is 0.494 e. The summed E-state index contributed by atoms with van der Waals surface area (Å²) in [6, 6.07) is 14.6. The predicted octanol–water partition coefficient (Wildman–Crippen LogP) is 8.34. The molecule has 186 valence electrons. The topological polar surface area (TPSA) is 69.5 Å². The first-order valence-electron chi connectivity index (χ1n) is 12.7. The van der Waals surface area contributed by atoms with Crippen LogP contribution in [0, 0.1) is 0 Å². The molecule has 34 heavy (non-hydrogen) atoms. The van der Waals surface area contributed by atoms with Gasteiger partial charge in [0.25, 0.3) is 0 Å². The minimum absolute atomic E-state index is 0.245. The van der Waals surface area contributed by atoms with Crippen molar-refractivity contribution in [2.24, 2.45) is 10.2 Å². The number of benzene rings is 2. The Balaban J connectivity index is 1.65. The molecule has 2 rings (SSSR count). The smallest absolute Gasteiger partial charge is 0.313 e. The molecule has 0 N–H and O–H groups in total. The van der Waals surface area contributed by atoms with Gasteiger partial charge in [0.1, 0.15) is 11.5 Å². The normalized spacial score (nSPS) is 11.1. The molecule has 0 saturated carbocycles. The number of rotatable bonds is 18. The average molecular weight is 469 g/mol. The van der Waals surface area contributed by atoms with E-state index in [1.54, 1.807) is 24.3 Å². The molecule has 0 heterocycles. The maximum atomic E-state index is 12.0. The van der Waals surface area contributed by atoms with Gasteiger partial charge in [0, 0.05) is 6.61 Å². The third-order valence-electron chi connectivity index (χ3n) is 5.30. The zero-order chi connectivity index (χ0) is 24.3. The van der Waals surface area contributed by atoms with Gasteiger partial charge in [-0.1, -0.05) is 58.8 Å². The lowest BCUT2D eigenvalue weighted by atomic mass is 10.2. The molecule has 0 aliphatic rings. The van der Waals surface area contributed by atoms with E-state index >= 15 is 0 Å². The van der Waals surface area contributed by atoms with E-state index in [4.69, 9.17) is 14.2 Å². The van der Waals surface area contributed by atoms with Gasteiger partial charge in [-0.15, -0.1) is 0 Å². The zero-order valence-corrected chi connectivity index (χ0v) is 20.8. The van der Waals surface area contributed by atoms with E-state index in [0.717, 1.165) is 30.9 Å². The van der Waals surface area contributed by atoms with Crippen LogP contribution in [0.3, 0.4) is 0 Å². The second kappa shape index (κ2) is 17.7. The minimum Gasteiger partial charge on any atom is -0.494 e. The van der Waals surface area contributed by atoms with Gasteiger partial charge in [-0.3, -0.25) is 4.79 Å². The van der Waals surface area contributed by atoms with Gasteiger partial charge < -0.3 is 14.2 Å². The summed E-state index contributed by atoms with van der Waals surface area (Å²) in [6.45, 7) is 6.23. The molecule has 6 nitrogen and oxygen atoms in total. The Bertz CT molecular complexity index is 819. The Morgan fingerprint density at radius 1 is 0.647 bits per heavy atom. The summed E-state index contributed by atoms with van der Waals surface area (Å²) in [7, 11) is 0. The quantitative estimate of drug-likeness (QED) is 0.0954. The Morgan fingerprint density at radius 2 is 1.18 bits per heavy atom. The number of esters is 1. The molecule has 0 amide bonds. The third kappa shape index (κ3) is 12.5. The molecule has 6 heteroatoms. The number of azo groups is 1. The number of ether oxygens (including phenoxy) is 3. The van der Waals surface area contributed by atoms with Gasteiger partial charge in [-0.05, 0) is 61.4 Å². The number of nitrogens with zero attached hydrogens (tertiary/aromatic N) is 2. The van der Waals surface area contributed by atoms with E-state index < -0.39 is 0 Å². The van der Waals surface area contributed by atoms with Crippen molar-refractivity contribution in [3.63, 3.8) is 0 Å². The summed E-state index contributed by atoms with van der Waals surface area (Å²) >= 11 is 0. The van der Waals surface area contributed by atoms with E-state index in [1.165, 1.54) is 44.9 Å². The zero-order valence-electron chi connectivity index (χ0n) is 20.8. The SMILES string of the molecule is CCCCCCCOCCC(=O)Oc1ccc(/N=N/c2ccc(OCCCCCC)cc2)cc1. The van der Waals surface area contributed by atoms with Crippen LogP contribution in [0.15, 0.2) is 58.8 Å². The number of carbonyl (C=O) groups excluding carboxylic acids is 1. The Kier molecular flexibility index (Phi) is 14.3. The van der Waals surface area contributed by atoms with Gasteiger partial charge in [0.05, 0.1) is 31.0 Å². The number of hydrogen-bond acceptors (Lipinski definition) is 6. The highest BCUT2D eigenvalue weighted by Gasteiger charge is 2.05. The second-order valence-corrected chi connectivity index (χ2v) is 8.35. The molecule has 0 unspecified atom stereocenters. The molecule has 0 fully saturated rings. The fraction of sp³-hybridized carbons (Fsp3) is 0.536. The van der Waals surface area contributed by atoms with Crippen LogP contribution in [0.1, 0.15) is 78.1 Å². The van der Waals surface area contributed by atoms with Crippen molar-refractivity contribution < 1.29 is 19.0 Å². The molecule has 0 spiro atoms. The summed E-state index contributed by atoms with van der Waals surface area (Å²) in [5.41, 5.74) is 1.43. The van der Waals surface area contributed by atoms with E-state index in [9.17, 15) is 4.79 Å². The van der Waals surface area contributed by atoms with Crippen LogP contribution in [0.2, 0.25) is 0 Å². The summed E-state index contributed by atoms with van der Waals surface area (Å²) in [5, 5.41) is 8.50. The van der Waals surface area contributed by atoms with Gasteiger partial charge in [0.15, 0.2) is 0 Å². The molecule has 0 radical (unpaired) electrons. The number of unbranched alkanes of at least 4 members (excludes halogenated alkanes) is 7. The Labute approximate surface area is 204 Å². The predicted molar refractivity (Wildman–Crippen MR) is 137 cm³/mol. The fourth-order valence-electron chi connectivity index (χ4n) is 3.27. The van der Waals surface area contributed by atoms with Gasteiger partial charge in [-0.2, -0.15) is 10.2 Å². The van der Waals surface area contributed by atoms with Crippen LogP contribution < -0.4 is 9.47 Å². The van der Waals surface area contributed by atoms with Gasteiger partial charge >= 0.3 is 5.97 Å². The van der Waals surface area contributed by atoms with Gasteiger partial charge in [0.2, 0.25) is 0 Å². The van der Waals surface area contributed by atoms with Crippen molar-refractivity contribution in [2.45, 2.75) is 78.1 Å². The minimum atomic E-state index is -0.298. The van der Waals surface area contributed by atoms with Gasteiger partial charge in [-0.25, -0.2) is 0 Å². The maximum Gasteiger partial charge on any atom is 0.313 e. The van der Waals surface area contributed by atoms with E-state index in [1.807, 2.05) is 24.3 Å². The first-order valence-corrected chi connectivity index (χ1v) is 12.7. The standard InChI is InChI=1S/C28H40N2O4/c1-3-5-7-9-10-21-32-23-20-28(31)34-27-18-14-25(15-19-27)30-29-24-12-16-26(17-13-24)33-22-11-8-6-4-2/h12-19H,3-11,20-23H2,1-2H3/b30-29+. The molecule has 0 aromatic heterocycles. The molecule has 0 aliphatic carbocycles. The highest BCUT2D eigenvalue weighted by molar-refractivity contribution is 5.72. The summed E-state index contributed by atoms with van der Waals surface area (Å²) < 4.78 is 16.6. The number of carbonyl (C=O) groups is 1. The molecule has 0 aliphatic heterocycles. The lowest BCUT2D eigenvalue weighted by molar-refractivity contribution is -0.135. The highest BCUT2D eigenvalue weighted by Crippen LogP contribution is 2.23. The summed E-state index contributed by atoms with van der Waals surface area (Å²) in [5.74, 6) is 1.04. The van der Waals surface area contributed by atoms with Crippen LogP contribution in [0.4, 0.5) is 11.4 Å². The van der Waals surface area contributed by atoms with Crippen molar-refractivity contribution >= 4 is 17.3 Å². The summed E-state index contributed by atoms with van der Waals surface area (Å²) in [4.78, 5) is 12.0. The average Bonchev–Trinajstić information content (AvgIpc) is 2.86. The number of hydrogen-bond donors (Lipinski definition) is 0. The van der Waals surface area contributed by atoms with Crippen LogP contribution in [-0.4, -0.2) is 25.8 Å². The molecular formula is C28H40N2O4. The lowest BCUT2D eigenvalue weighted by Gasteiger charge is -2.06. The van der Waals surface area contributed by atoms with Crippen LogP contribution >= 0.6 is 0 Å². The Morgan fingerprint density at radius 3 is 1.79 bits per heavy atom. The van der Waals surface area contributed by atoms with Crippen molar-refractivity contribution in [2.75, 3.05) is 19.8 Å². The summed E-state index contributed by atoms with van der Waals surface area (Å²) in [6.07, 6.45) is 11.0. The van der Waals surface area contributed by atoms with Crippen molar-refractivity contribution in [3.8, 4) is 11.5 Å². The monoisotopic (exact) mass is 468 g/mol. The molecule has 0 bridgehead atoms. The Hall–Kier alpha value is -2.73. The highest BCUT2D eigenvalue weighted by atomic mass is 16.5. The molecule has 0 atom stereocenters. The van der Waals surface area contributed by atoms with Crippen LogP contribution in [-0.2, 0) is 9.53 Å². The van der Waals surface area contributed by atoms with E-state index in [-0.39, 0.29) is 12.4 Å². The molecule has 2 aromatic carbocycles. The van der Waals surface area contributed by atoms with E-state index in [0.29, 0.717) is 24.7 Å². The third-order valence-corrected chi connectivity index (χ3v) is 5.30. The molecule has 0 saturated heterocycles.